The topological polar surface area (TPSA) is 195 Å². The lowest BCUT2D eigenvalue weighted by atomic mass is 10.0. The first-order valence-electron chi connectivity index (χ1n) is 18.3. The van der Waals surface area contributed by atoms with Crippen molar-refractivity contribution in [1.29, 1.82) is 0 Å². The lowest BCUT2D eigenvalue weighted by Crippen LogP contribution is -2.61. The molecule has 3 aliphatic heterocycles. The Morgan fingerprint density at radius 3 is 2.42 bits per heavy atom. The molecule has 0 spiro atoms. The summed E-state index contributed by atoms with van der Waals surface area (Å²) in [6, 6.07) is 8.84. The van der Waals surface area contributed by atoms with Crippen molar-refractivity contribution >= 4 is 35.4 Å². The highest BCUT2D eigenvalue weighted by atomic mass is 16.5. The predicted molar refractivity (Wildman–Crippen MR) is 191 cm³/mol. The van der Waals surface area contributed by atoms with Crippen LogP contribution in [-0.4, -0.2) is 101 Å². The van der Waals surface area contributed by atoms with Gasteiger partial charge in [-0.2, -0.15) is 0 Å². The number of aliphatic hydroxyl groups is 1. The van der Waals surface area contributed by atoms with E-state index in [1.165, 1.54) is 11.8 Å². The zero-order chi connectivity index (χ0) is 37.2. The number of fused-ring (bicyclic) bond motifs is 2. The Hall–Kier alpha value is -4.98. The van der Waals surface area contributed by atoms with Crippen molar-refractivity contribution in [2.75, 3.05) is 19.7 Å². The quantitative estimate of drug-likeness (QED) is 0.253. The molecule has 0 aromatic heterocycles. The fourth-order valence-electron chi connectivity index (χ4n) is 6.91. The van der Waals surface area contributed by atoms with Crippen molar-refractivity contribution in [3.05, 3.63) is 65.2 Å². The van der Waals surface area contributed by atoms with Crippen LogP contribution >= 0.6 is 0 Å². The van der Waals surface area contributed by atoms with Gasteiger partial charge in [0.1, 0.15) is 36.0 Å². The van der Waals surface area contributed by atoms with Crippen LogP contribution < -0.4 is 31.3 Å². The Bertz CT molecular complexity index is 1620. The summed E-state index contributed by atoms with van der Waals surface area (Å²) < 4.78 is 5.67. The van der Waals surface area contributed by atoms with Gasteiger partial charge in [0.05, 0.1) is 12.7 Å². The first kappa shape index (κ1) is 38.3. The normalized spacial score (nSPS) is 25.7. The highest BCUT2D eigenvalue weighted by molar-refractivity contribution is 5.99. The van der Waals surface area contributed by atoms with Crippen LogP contribution in [0.25, 0.3) is 0 Å². The summed E-state index contributed by atoms with van der Waals surface area (Å²) in [5.74, 6) is -2.58. The summed E-state index contributed by atoms with van der Waals surface area (Å²) >= 11 is 0. The Kier molecular flexibility index (Phi) is 13.2. The van der Waals surface area contributed by atoms with E-state index in [9.17, 15) is 33.9 Å². The molecule has 2 aromatic carbocycles. The van der Waals surface area contributed by atoms with Gasteiger partial charge >= 0.3 is 0 Å². The fourth-order valence-corrected chi connectivity index (χ4v) is 6.91. The van der Waals surface area contributed by atoms with E-state index in [0.717, 1.165) is 29.7 Å². The summed E-state index contributed by atoms with van der Waals surface area (Å²) in [4.78, 5) is 83.3. The predicted octanol–water partition coefficient (Wildman–Crippen LogP) is 0.889. The monoisotopic (exact) mass is 718 g/mol. The van der Waals surface area contributed by atoms with E-state index in [4.69, 9.17) is 4.74 Å². The summed E-state index contributed by atoms with van der Waals surface area (Å²) in [5, 5.41) is 24.4. The zero-order valence-corrected chi connectivity index (χ0v) is 29.8. The SMILES string of the molecule is CC[C@@H]1NC(=O)[C@@H](NC(=O)c2ccc3c(c2)CCCO3)CCCCNC(=O)[C@@H]2CCCN2C(=O)[C@@H](Cc2ccccc2)NC(=O)[C@H]([C@@H](C)O)NC1=O. The largest absolute Gasteiger partial charge is 0.493 e. The standard InChI is InChI=1S/C38H50N6O8/c1-3-27-34(47)43-32(23(2)45)37(50)42-29(21-24-11-5-4-6-12-24)38(51)44-19-9-15-30(44)36(49)39-18-8-7-14-28(35(48)40-27)41-33(46)26-16-17-31-25(22-26)13-10-20-52-31/h4-6,11-12,16-17,22-23,27-30,32,45H,3,7-10,13-15,18-21H2,1-2H3,(H,39,49)(H,40,48)(H,41,46)(H,42,50)(H,43,47)/t23-,27+,28+,29-,30+,32+/m1/s1. The van der Waals surface area contributed by atoms with Crippen molar-refractivity contribution in [2.24, 2.45) is 0 Å². The molecule has 2 aromatic rings. The molecule has 2 saturated heterocycles. The van der Waals surface area contributed by atoms with Crippen LogP contribution in [0.1, 0.15) is 80.3 Å². The van der Waals surface area contributed by atoms with E-state index >= 15 is 0 Å². The van der Waals surface area contributed by atoms with Crippen molar-refractivity contribution in [3.63, 3.8) is 0 Å². The van der Waals surface area contributed by atoms with Gasteiger partial charge in [-0.1, -0.05) is 37.3 Å². The lowest BCUT2D eigenvalue weighted by Gasteiger charge is -2.30. The third-order valence-electron chi connectivity index (χ3n) is 9.85. The molecule has 0 bridgehead atoms. The van der Waals surface area contributed by atoms with Gasteiger partial charge in [-0.3, -0.25) is 28.8 Å². The van der Waals surface area contributed by atoms with Gasteiger partial charge < -0.3 is 41.3 Å². The maximum atomic E-state index is 14.0. The van der Waals surface area contributed by atoms with E-state index in [-0.39, 0.29) is 31.7 Å². The first-order chi connectivity index (χ1) is 25.0. The van der Waals surface area contributed by atoms with Gasteiger partial charge in [-0.15, -0.1) is 0 Å². The summed E-state index contributed by atoms with van der Waals surface area (Å²) in [6.07, 6.45) is 2.73. The highest BCUT2D eigenvalue weighted by Gasteiger charge is 2.39. The smallest absolute Gasteiger partial charge is 0.251 e. The molecule has 6 amide bonds. The molecule has 0 aliphatic carbocycles. The molecule has 2 fully saturated rings. The molecule has 3 heterocycles. The minimum absolute atomic E-state index is 0.122. The van der Waals surface area contributed by atoms with Gasteiger partial charge in [-0.25, -0.2) is 0 Å². The van der Waals surface area contributed by atoms with E-state index in [1.54, 1.807) is 25.1 Å². The van der Waals surface area contributed by atoms with Crippen LogP contribution in [0.3, 0.4) is 0 Å². The van der Waals surface area contributed by atoms with E-state index < -0.39 is 65.8 Å². The molecule has 0 radical (unpaired) electrons. The number of amides is 6. The van der Waals surface area contributed by atoms with Crippen LogP contribution in [0, 0.1) is 0 Å². The van der Waals surface area contributed by atoms with Gasteiger partial charge in [0.15, 0.2) is 0 Å². The molecule has 0 saturated carbocycles. The van der Waals surface area contributed by atoms with E-state index in [2.05, 4.69) is 26.6 Å². The van der Waals surface area contributed by atoms with Crippen LogP contribution in [0.2, 0.25) is 0 Å². The van der Waals surface area contributed by atoms with Gasteiger partial charge in [-0.05, 0) is 87.6 Å². The number of nitrogens with one attached hydrogen (secondary N) is 5. The number of aliphatic hydroxyl groups excluding tert-OH is 1. The minimum Gasteiger partial charge on any atom is -0.493 e. The van der Waals surface area contributed by atoms with Gasteiger partial charge in [0, 0.05) is 25.1 Å². The van der Waals surface area contributed by atoms with Crippen LogP contribution in [-0.2, 0) is 36.8 Å². The maximum Gasteiger partial charge on any atom is 0.251 e. The molecule has 280 valence electrons. The van der Waals surface area contributed by atoms with Crippen molar-refractivity contribution in [3.8, 4) is 5.75 Å². The Balaban J connectivity index is 1.38. The van der Waals surface area contributed by atoms with E-state index in [1.807, 2.05) is 30.3 Å². The van der Waals surface area contributed by atoms with Crippen LogP contribution in [0.5, 0.6) is 5.75 Å². The number of carbonyl (C=O) groups excluding carboxylic acids is 6. The minimum atomic E-state index is -1.47. The molecule has 0 unspecified atom stereocenters. The third kappa shape index (κ3) is 9.66. The fraction of sp³-hybridized carbons (Fsp3) is 0.526. The molecule has 6 atom stereocenters. The van der Waals surface area contributed by atoms with Crippen LogP contribution in [0.15, 0.2) is 48.5 Å². The van der Waals surface area contributed by atoms with Crippen LogP contribution in [0.4, 0.5) is 0 Å². The van der Waals surface area contributed by atoms with Crippen molar-refractivity contribution in [1.82, 2.24) is 31.5 Å². The number of ether oxygens (including phenoxy) is 1. The molecule has 14 heteroatoms. The summed E-state index contributed by atoms with van der Waals surface area (Å²) in [7, 11) is 0. The average Bonchev–Trinajstić information content (AvgIpc) is 3.64. The summed E-state index contributed by atoms with van der Waals surface area (Å²) in [6.45, 7) is 4.25. The third-order valence-corrected chi connectivity index (χ3v) is 9.85. The number of benzene rings is 2. The first-order valence-corrected chi connectivity index (χ1v) is 18.3. The number of hydrogen-bond acceptors (Lipinski definition) is 8. The Morgan fingerprint density at radius 1 is 0.904 bits per heavy atom. The molecule has 6 N–H and O–H groups in total. The number of aryl methyl sites for hydroxylation is 1. The lowest BCUT2D eigenvalue weighted by molar-refractivity contribution is -0.142. The number of carbonyl (C=O) groups is 6. The number of hydrogen-bond donors (Lipinski definition) is 6. The summed E-state index contributed by atoms with van der Waals surface area (Å²) in [5.41, 5.74) is 2.05. The second kappa shape index (κ2) is 18.0. The molecule has 3 aliphatic rings. The zero-order valence-electron chi connectivity index (χ0n) is 29.8. The second-order valence-corrected chi connectivity index (χ2v) is 13.7. The Labute approximate surface area is 303 Å². The van der Waals surface area contributed by atoms with Gasteiger partial charge in [0.25, 0.3) is 5.91 Å². The maximum absolute atomic E-state index is 14.0. The number of nitrogens with zero attached hydrogens (tertiary/aromatic N) is 1. The van der Waals surface area contributed by atoms with Gasteiger partial charge in [0.2, 0.25) is 29.5 Å². The van der Waals surface area contributed by atoms with Crippen molar-refractivity contribution < 1.29 is 38.6 Å². The average molecular weight is 719 g/mol. The molecule has 52 heavy (non-hydrogen) atoms. The van der Waals surface area contributed by atoms with Crippen molar-refractivity contribution in [2.45, 2.75) is 108 Å². The number of rotatable bonds is 6. The molecular formula is C38H50N6O8. The second-order valence-electron chi connectivity index (χ2n) is 13.7. The highest BCUT2D eigenvalue weighted by Crippen LogP contribution is 2.26. The molecular weight excluding hydrogens is 668 g/mol. The molecule has 5 rings (SSSR count). The van der Waals surface area contributed by atoms with E-state index in [0.29, 0.717) is 44.4 Å². The molecule has 14 nitrogen and oxygen atoms in total. The Morgan fingerprint density at radius 2 is 1.67 bits per heavy atom.